The summed E-state index contributed by atoms with van der Waals surface area (Å²) in [6, 6.07) is 7.32. The highest BCUT2D eigenvalue weighted by atomic mass is 16.6. The Hall–Kier alpha value is -1.97. The highest BCUT2D eigenvalue weighted by Crippen LogP contribution is 2.33. The molecule has 0 saturated carbocycles. The van der Waals surface area contributed by atoms with Crippen molar-refractivity contribution in [2.45, 2.75) is 19.1 Å². The maximum Gasteiger partial charge on any atom is 0.265 e. The van der Waals surface area contributed by atoms with Gasteiger partial charge in [0, 0.05) is 6.54 Å². The molecule has 90 valence electrons. The molecule has 4 nitrogen and oxygen atoms in total. The second-order valence-corrected chi connectivity index (χ2v) is 3.84. The van der Waals surface area contributed by atoms with E-state index in [0.29, 0.717) is 18.0 Å². The van der Waals surface area contributed by atoms with Crippen LogP contribution in [0.25, 0.3) is 0 Å². The summed E-state index contributed by atoms with van der Waals surface area (Å²) in [4.78, 5) is 11.8. The topological polar surface area (TPSA) is 47.6 Å². The molecule has 17 heavy (non-hydrogen) atoms. The third kappa shape index (κ3) is 2.41. The van der Waals surface area contributed by atoms with Gasteiger partial charge in [0.2, 0.25) is 6.10 Å². The molecule has 1 aromatic rings. The third-order valence-corrected chi connectivity index (χ3v) is 2.52. The summed E-state index contributed by atoms with van der Waals surface area (Å²) < 4.78 is 11.3. The zero-order valence-corrected chi connectivity index (χ0v) is 9.68. The lowest BCUT2D eigenvalue weighted by molar-refractivity contribution is -0.133. The van der Waals surface area contributed by atoms with Crippen molar-refractivity contribution in [1.82, 2.24) is 5.32 Å². The minimum absolute atomic E-state index is 0.188. The summed E-state index contributed by atoms with van der Waals surface area (Å²) in [5.74, 6) is 1.09. The maximum absolute atomic E-state index is 11.8. The monoisotopic (exact) mass is 233 g/mol. The molecule has 0 aliphatic carbocycles. The zero-order chi connectivity index (χ0) is 12.3. The average Bonchev–Trinajstić information content (AvgIpc) is 2.35. The minimum atomic E-state index is -0.621. The Kier molecular flexibility index (Phi) is 3.32. The lowest BCUT2D eigenvalue weighted by Gasteiger charge is -2.30. The maximum atomic E-state index is 11.8. The van der Waals surface area contributed by atoms with Gasteiger partial charge in [0.15, 0.2) is 11.5 Å². The van der Waals surface area contributed by atoms with Crippen molar-refractivity contribution in [1.29, 1.82) is 0 Å². The fourth-order valence-corrected chi connectivity index (χ4v) is 1.68. The van der Waals surface area contributed by atoms with Crippen molar-refractivity contribution in [3.63, 3.8) is 0 Å². The molecule has 0 radical (unpaired) electrons. The molecule has 0 saturated heterocycles. The molecule has 2 rings (SSSR count). The summed E-state index contributed by atoms with van der Waals surface area (Å²) in [6.07, 6.45) is 0.694. The van der Waals surface area contributed by atoms with Gasteiger partial charge in [-0.1, -0.05) is 18.2 Å². The van der Waals surface area contributed by atoms with E-state index in [0.717, 1.165) is 0 Å². The first-order valence-electron chi connectivity index (χ1n) is 5.53. The van der Waals surface area contributed by atoms with Gasteiger partial charge >= 0.3 is 0 Å². The van der Waals surface area contributed by atoms with E-state index in [2.05, 4.69) is 11.9 Å². The van der Waals surface area contributed by atoms with Crippen LogP contribution in [-0.2, 0) is 4.79 Å². The van der Waals surface area contributed by atoms with Crippen LogP contribution in [-0.4, -0.2) is 24.7 Å². The van der Waals surface area contributed by atoms with Gasteiger partial charge in [0.05, 0.1) is 0 Å². The molecule has 0 spiro atoms. The highest BCUT2D eigenvalue weighted by molar-refractivity contribution is 5.82. The number of hydrogen-bond donors (Lipinski definition) is 1. The van der Waals surface area contributed by atoms with E-state index < -0.39 is 6.10 Å². The summed E-state index contributed by atoms with van der Waals surface area (Å²) in [5.41, 5.74) is 0. The zero-order valence-electron chi connectivity index (χ0n) is 9.68. The second kappa shape index (κ2) is 4.91. The van der Waals surface area contributed by atoms with Gasteiger partial charge in [0.1, 0.15) is 6.10 Å². The van der Waals surface area contributed by atoms with E-state index in [1.54, 1.807) is 12.1 Å². The third-order valence-electron chi connectivity index (χ3n) is 2.52. The van der Waals surface area contributed by atoms with Crippen LogP contribution in [0, 0.1) is 0 Å². The van der Waals surface area contributed by atoms with Crippen LogP contribution in [0.2, 0.25) is 0 Å². The Balaban J connectivity index is 2.11. The Morgan fingerprint density at radius 2 is 2.06 bits per heavy atom. The van der Waals surface area contributed by atoms with Crippen LogP contribution in [0.5, 0.6) is 11.5 Å². The molecule has 1 aliphatic rings. The summed E-state index contributed by atoms with van der Waals surface area (Å²) in [6.45, 7) is 5.78. The Labute approximate surface area is 100 Å². The Morgan fingerprint density at radius 1 is 1.41 bits per heavy atom. The number of amides is 1. The van der Waals surface area contributed by atoms with E-state index in [4.69, 9.17) is 9.47 Å². The lowest BCUT2D eigenvalue weighted by atomic mass is 10.1. The van der Waals surface area contributed by atoms with Crippen molar-refractivity contribution < 1.29 is 14.3 Å². The minimum Gasteiger partial charge on any atom is -0.482 e. The quantitative estimate of drug-likeness (QED) is 0.805. The Bertz CT molecular complexity index is 430. The predicted molar refractivity (Wildman–Crippen MR) is 64.2 cm³/mol. The molecule has 1 amide bonds. The average molecular weight is 233 g/mol. The van der Waals surface area contributed by atoms with Crippen LogP contribution in [0.3, 0.4) is 0 Å². The predicted octanol–water partition coefficient (Wildman–Crippen LogP) is 1.52. The number of carbonyl (C=O) groups excluding carboxylic acids is 1. The van der Waals surface area contributed by atoms with Crippen LogP contribution in [0.1, 0.15) is 6.92 Å². The van der Waals surface area contributed by atoms with E-state index in [1.807, 2.05) is 25.1 Å². The molecule has 2 atom stereocenters. The van der Waals surface area contributed by atoms with Crippen LogP contribution in [0.4, 0.5) is 0 Å². The molecule has 0 aromatic heterocycles. The fraction of sp³-hybridized carbons (Fsp3) is 0.308. The normalized spacial score (nSPS) is 21.7. The van der Waals surface area contributed by atoms with Gasteiger partial charge in [-0.05, 0) is 19.1 Å². The van der Waals surface area contributed by atoms with Gasteiger partial charge in [-0.25, -0.2) is 0 Å². The van der Waals surface area contributed by atoms with E-state index >= 15 is 0 Å². The largest absolute Gasteiger partial charge is 0.482 e. The van der Waals surface area contributed by atoms with E-state index in [1.165, 1.54) is 0 Å². The van der Waals surface area contributed by atoms with Gasteiger partial charge in [-0.3, -0.25) is 4.79 Å². The number of para-hydroxylation sites is 2. The smallest absolute Gasteiger partial charge is 0.265 e. The summed E-state index contributed by atoms with van der Waals surface area (Å²) >= 11 is 0. The van der Waals surface area contributed by atoms with Crippen LogP contribution >= 0.6 is 0 Å². The van der Waals surface area contributed by atoms with Crippen LogP contribution < -0.4 is 14.8 Å². The first-order chi connectivity index (χ1) is 8.22. The molecule has 1 heterocycles. The number of nitrogens with one attached hydrogen (secondary N) is 1. The molecule has 4 heteroatoms. The molecular formula is C13H15NO3. The molecule has 1 aromatic carbocycles. The number of rotatable bonds is 3. The van der Waals surface area contributed by atoms with Crippen molar-refractivity contribution in [2.75, 3.05) is 6.54 Å². The number of hydrogen-bond acceptors (Lipinski definition) is 3. The van der Waals surface area contributed by atoms with Gasteiger partial charge < -0.3 is 14.8 Å². The van der Waals surface area contributed by atoms with Crippen LogP contribution in [0.15, 0.2) is 36.9 Å². The molecule has 2 unspecified atom stereocenters. The highest BCUT2D eigenvalue weighted by Gasteiger charge is 2.33. The fourth-order valence-electron chi connectivity index (χ4n) is 1.68. The number of carbonyl (C=O) groups is 1. The molecule has 0 fully saturated rings. The van der Waals surface area contributed by atoms with Crippen molar-refractivity contribution in [3.05, 3.63) is 36.9 Å². The first-order valence-corrected chi connectivity index (χ1v) is 5.53. The Morgan fingerprint density at radius 3 is 2.71 bits per heavy atom. The summed E-state index contributed by atoms with van der Waals surface area (Å²) in [7, 11) is 0. The standard InChI is InChI=1S/C13H15NO3/c1-3-8-14-13(15)12-9(2)16-10-6-4-5-7-11(10)17-12/h3-7,9,12H,1,8H2,2H3,(H,14,15). The van der Waals surface area contributed by atoms with Crippen molar-refractivity contribution in [3.8, 4) is 11.5 Å². The van der Waals surface area contributed by atoms with Crippen molar-refractivity contribution in [2.24, 2.45) is 0 Å². The molecule has 1 N–H and O–H groups in total. The van der Waals surface area contributed by atoms with Gasteiger partial charge in [-0.15, -0.1) is 6.58 Å². The number of ether oxygens (including phenoxy) is 2. The number of benzene rings is 1. The number of fused-ring (bicyclic) bond motifs is 1. The summed E-state index contributed by atoms with van der Waals surface area (Å²) in [5, 5.41) is 2.70. The van der Waals surface area contributed by atoms with Crippen molar-refractivity contribution >= 4 is 5.91 Å². The molecule has 1 aliphatic heterocycles. The second-order valence-electron chi connectivity index (χ2n) is 3.84. The molecular weight excluding hydrogens is 218 g/mol. The SMILES string of the molecule is C=CCNC(=O)C1Oc2ccccc2OC1C. The molecule has 0 bridgehead atoms. The van der Waals surface area contributed by atoms with Gasteiger partial charge in [-0.2, -0.15) is 0 Å². The lowest BCUT2D eigenvalue weighted by Crippen LogP contribution is -2.49. The first kappa shape index (κ1) is 11.5. The van der Waals surface area contributed by atoms with Gasteiger partial charge in [0.25, 0.3) is 5.91 Å². The van der Waals surface area contributed by atoms with E-state index in [-0.39, 0.29) is 12.0 Å². The van der Waals surface area contributed by atoms with E-state index in [9.17, 15) is 4.79 Å².